The maximum absolute atomic E-state index is 10.0. The van der Waals surface area contributed by atoms with E-state index in [0.717, 1.165) is 11.8 Å². The molecule has 2 aromatic carbocycles. The molecule has 1 nitrogen and oxygen atoms in total. The van der Waals surface area contributed by atoms with Crippen molar-refractivity contribution < 1.29 is 5.11 Å². The maximum atomic E-state index is 10.0. The van der Waals surface area contributed by atoms with Crippen molar-refractivity contribution in [2.75, 3.05) is 0 Å². The first-order chi connectivity index (χ1) is 8.65. The molecule has 1 aliphatic carbocycles. The first kappa shape index (κ1) is 11.6. The van der Waals surface area contributed by atoms with Crippen molar-refractivity contribution in [3.8, 4) is 5.75 Å². The molecule has 2 aromatic rings. The summed E-state index contributed by atoms with van der Waals surface area (Å²) in [5.41, 5.74) is 2.86. The second kappa shape index (κ2) is 4.01. The molecule has 0 saturated heterocycles. The monoisotopic (exact) mass is 240 g/mol. The van der Waals surface area contributed by atoms with Gasteiger partial charge < -0.3 is 5.11 Å². The van der Waals surface area contributed by atoms with Gasteiger partial charge in [0.15, 0.2) is 0 Å². The fourth-order valence-electron chi connectivity index (χ4n) is 3.74. The van der Waals surface area contributed by atoms with Gasteiger partial charge in [-0.15, -0.1) is 0 Å². The van der Waals surface area contributed by atoms with E-state index in [4.69, 9.17) is 0 Å². The lowest BCUT2D eigenvalue weighted by molar-refractivity contribution is 0.426. The summed E-state index contributed by atoms with van der Waals surface area (Å²) < 4.78 is 0. The number of phenolic OH excluding ortho intramolecular Hbond substituents is 1. The van der Waals surface area contributed by atoms with Crippen molar-refractivity contribution >= 4 is 10.8 Å². The molecule has 2 unspecified atom stereocenters. The highest BCUT2D eigenvalue weighted by molar-refractivity contribution is 5.96. The molecule has 18 heavy (non-hydrogen) atoms. The number of rotatable bonds is 2. The van der Waals surface area contributed by atoms with Gasteiger partial charge in [-0.25, -0.2) is 0 Å². The van der Waals surface area contributed by atoms with E-state index < -0.39 is 0 Å². The Bertz CT molecular complexity index is 598. The Kier molecular flexibility index (Phi) is 2.58. The number of aromatic hydroxyl groups is 1. The van der Waals surface area contributed by atoms with Gasteiger partial charge in [-0.05, 0) is 46.8 Å². The lowest BCUT2D eigenvalue weighted by atomic mass is 9.80. The van der Waals surface area contributed by atoms with E-state index >= 15 is 0 Å². The number of hydrogen-bond acceptors (Lipinski definition) is 1. The molecule has 0 bridgehead atoms. The topological polar surface area (TPSA) is 20.2 Å². The Morgan fingerprint density at radius 3 is 2.56 bits per heavy atom. The average Bonchev–Trinajstić information content (AvgIpc) is 2.69. The van der Waals surface area contributed by atoms with Gasteiger partial charge in [-0.2, -0.15) is 0 Å². The highest BCUT2D eigenvalue weighted by Gasteiger charge is 2.35. The van der Waals surface area contributed by atoms with Crippen molar-refractivity contribution in [1.82, 2.24) is 0 Å². The van der Waals surface area contributed by atoms with Crippen LogP contribution in [0.1, 0.15) is 50.2 Å². The Morgan fingerprint density at radius 1 is 1.11 bits per heavy atom. The molecule has 94 valence electrons. The number of phenols is 1. The third-order valence-corrected chi connectivity index (χ3v) is 4.43. The first-order valence-corrected chi connectivity index (χ1v) is 6.89. The van der Waals surface area contributed by atoms with Crippen LogP contribution in [0, 0.1) is 5.92 Å². The van der Waals surface area contributed by atoms with Gasteiger partial charge in [0.25, 0.3) is 0 Å². The van der Waals surface area contributed by atoms with E-state index in [1.165, 1.54) is 16.5 Å². The van der Waals surface area contributed by atoms with Crippen LogP contribution in [0.4, 0.5) is 0 Å². The van der Waals surface area contributed by atoms with E-state index in [-0.39, 0.29) is 0 Å². The minimum Gasteiger partial charge on any atom is -0.507 e. The van der Waals surface area contributed by atoms with Gasteiger partial charge in [-0.3, -0.25) is 0 Å². The average molecular weight is 240 g/mol. The van der Waals surface area contributed by atoms with Gasteiger partial charge in [-0.1, -0.05) is 45.0 Å². The molecule has 0 amide bonds. The van der Waals surface area contributed by atoms with E-state index in [2.05, 4.69) is 39.0 Å². The van der Waals surface area contributed by atoms with E-state index in [1.807, 2.05) is 12.1 Å². The van der Waals surface area contributed by atoms with Gasteiger partial charge in [0.05, 0.1) is 0 Å². The largest absolute Gasteiger partial charge is 0.507 e. The fourth-order valence-corrected chi connectivity index (χ4v) is 3.74. The van der Waals surface area contributed by atoms with Crippen molar-refractivity contribution in [3.63, 3.8) is 0 Å². The number of benzene rings is 2. The molecular weight excluding hydrogens is 220 g/mol. The molecule has 1 aliphatic rings. The highest BCUT2D eigenvalue weighted by Crippen LogP contribution is 2.52. The summed E-state index contributed by atoms with van der Waals surface area (Å²) in [4.78, 5) is 0. The zero-order chi connectivity index (χ0) is 12.9. The maximum Gasteiger partial charge on any atom is 0.123 e. The van der Waals surface area contributed by atoms with Gasteiger partial charge in [0.2, 0.25) is 0 Å². The van der Waals surface area contributed by atoms with Crippen LogP contribution in [0.15, 0.2) is 30.3 Å². The molecule has 0 spiro atoms. The zero-order valence-electron chi connectivity index (χ0n) is 11.3. The highest BCUT2D eigenvalue weighted by atomic mass is 16.3. The summed E-state index contributed by atoms with van der Waals surface area (Å²) in [5.74, 6) is 2.24. The lowest BCUT2D eigenvalue weighted by Gasteiger charge is -2.24. The quantitative estimate of drug-likeness (QED) is 0.800. The standard InChI is InChI=1S/C17H20O/c1-4-11-12-8-9-15(18)13-6-5-7-14(17(12)13)16(11)10(2)3/h5-11,16,18H,4H2,1-3H3. The van der Waals surface area contributed by atoms with Crippen LogP contribution in [0.25, 0.3) is 10.8 Å². The van der Waals surface area contributed by atoms with Crippen molar-refractivity contribution in [2.24, 2.45) is 5.92 Å². The molecule has 1 heteroatoms. The minimum atomic E-state index is 0.412. The molecule has 0 radical (unpaired) electrons. The van der Waals surface area contributed by atoms with E-state index in [0.29, 0.717) is 23.5 Å². The van der Waals surface area contributed by atoms with Crippen LogP contribution < -0.4 is 0 Å². The van der Waals surface area contributed by atoms with Gasteiger partial charge in [0.1, 0.15) is 5.75 Å². The van der Waals surface area contributed by atoms with Gasteiger partial charge >= 0.3 is 0 Å². The summed E-state index contributed by atoms with van der Waals surface area (Å²) in [6.07, 6.45) is 1.16. The van der Waals surface area contributed by atoms with Crippen molar-refractivity contribution in [3.05, 3.63) is 41.5 Å². The van der Waals surface area contributed by atoms with Crippen LogP contribution in [0.3, 0.4) is 0 Å². The van der Waals surface area contributed by atoms with Crippen molar-refractivity contribution in [1.29, 1.82) is 0 Å². The molecule has 1 N–H and O–H groups in total. The fraction of sp³-hybridized carbons (Fsp3) is 0.412. The first-order valence-electron chi connectivity index (χ1n) is 6.89. The second-order valence-electron chi connectivity index (χ2n) is 5.73. The smallest absolute Gasteiger partial charge is 0.123 e. The minimum absolute atomic E-state index is 0.412. The summed E-state index contributed by atoms with van der Waals surface area (Å²) in [5, 5.41) is 12.4. The van der Waals surface area contributed by atoms with Crippen LogP contribution in [-0.2, 0) is 0 Å². The summed E-state index contributed by atoms with van der Waals surface area (Å²) >= 11 is 0. The zero-order valence-corrected chi connectivity index (χ0v) is 11.3. The molecule has 0 heterocycles. The van der Waals surface area contributed by atoms with Crippen LogP contribution in [0.5, 0.6) is 5.75 Å². The normalized spacial score (nSPS) is 22.0. The third kappa shape index (κ3) is 1.40. The molecule has 0 aromatic heterocycles. The molecule has 2 atom stereocenters. The Balaban J connectivity index is 2.35. The van der Waals surface area contributed by atoms with E-state index in [9.17, 15) is 5.11 Å². The third-order valence-electron chi connectivity index (χ3n) is 4.43. The molecular formula is C17H20O. The summed E-state index contributed by atoms with van der Waals surface area (Å²) in [6, 6.07) is 10.3. The molecule has 0 saturated carbocycles. The van der Waals surface area contributed by atoms with Crippen LogP contribution >= 0.6 is 0 Å². The summed E-state index contributed by atoms with van der Waals surface area (Å²) in [7, 11) is 0. The Labute approximate surface area is 108 Å². The van der Waals surface area contributed by atoms with Crippen LogP contribution in [-0.4, -0.2) is 5.11 Å². The molecule has 0 fully saturated rings. The Morgan fingerprint density at radius 2 is 1.89 bits per heavy atom. The van der Waals surface area contributed by atoms with E-state index in [1.54, 1.807) is 0 Å². The van der Waals surface area contributed by atoms with Crippen LogP contribution in [0.2, 0.25) is 0 Å². The summed E-state index contributed by atoms with van der Waals surface area (Å²) in [6.45, 7) is 6.88. The van der Waals surface area contributed by atoms with Crippen molar-refractivity contribution in [2.45, 2.75) is 39.0 Å². The second-order valence-corrected chi connectivity index (χ2v) is 5.73. The molecule has 0 aliphatic heterocycles. The number of hydrogen-bond donors (Lipinski definition) is 1. The lowest BCUT2D eigenvalue weighted by Crippen LogP contribution is -2.10. The van der Waals surface area contributed by atoms with Gasteiger partial charge in [0, 0.05) is 5.39 Å². The predicted octanol–water partition coefficient (Wildman–Crippen LogP) is 4.79. The Hall–Kier alpha value is -1.50. The molecule has 3 rings (SSSR count). The SMILES string of the molecule is CCC1c2ccc(O)c3cccc(c23)C1C(C)C. The predicted molar refractivity (Wildman–Crippen MR) is 76.2 cm³/mol.